The Hall–Kier alpha value is -2.44. The molecule has 11 heteroatoms. The predicted octanol–water partition coefficient (Wildman–Crippen LogP) is 8.90. The SMILES string of the molecule is COCCCN1CCOc2ccc(CO[C@H]3CN(S(=O)(=O)c4ccc(C)cc4)C[C@@H](O[Si](C(C)C)(C(C)C)C(C)C)[C@H]3c3ccc(CCl)cc3)cc21. The highest BCUT2D eigenvalue weighted by atomic mass is 35.5. The van der Waals surface area contributed by atoms with E-state index in [-0.39, 0.29) is 23.9 Å². The van der Waals surface area contributed by atoms with Gasteiger partial charge < -0.3 is 23.5 Å². The number of rotatable bonds is 16. The summed E-state index contributed by atoms with van der Waals surface area (Å²) in [6, 6.07) is 21.7. The molecular formula is C41H59ClN2O6SSi. The van der Waals surface area contributed by atoms with Crippen LogP contribution in [0.25, 0.3) is 0 Å². The highest BCUT2D eigenvalue weighted by Gasteiger charge is 2.51. The van der Waals surface area contributed by atoms with E-state index in [4.69, 9.17) is 30.2 Å². The van der Waals surface area contributed by atoms with Gasteiger partial charge in [0.05, 0.1) is 35.9 Å². The lowest BCUT2D eigenvalue weighted by Crippen LogP contribution is -2.59. The van der Waals surface area contributed by atoms with E-state index in [1.54, 1.807) is 23.5 Å². The molecule has 3 aromatic rings. The van der Waals surface area contributed by atoms with Crippen LogP contribution in [0.1, 0.15) is 76.1 Å². The second-order valence-electron chi connectivity index (χ2n) is 15.3. The number of anilines is 1. The number of fused-ring (bicyclic) bond motifs is 1. The first-order chi connectivity index (χ1) is 24.8. The number of piperidine rings is 1. The fraction of sp³-hybridized carbons (Fsp3) is 0.561. The Labute approximate surface area is 318 Å². The molecule has 0 bridgehead atoms. The summed E-state index contributed by atoms with van der Waals surface area (Å²) in [5.41, 5.74) is 6.11. The first-order valence-electron chi connectivity index (χ1n) is 18.8. The minimum Gasteiger partial charge on any atom is -0.490 e. The Morgan fingerprint density at radius 1 is 0.885 bits per heavy atom. The lowest BCUT2D eigenvalue weighted by Gasteiger charge is -2.50. The van der Waals surface area contributed by atoms with E-state index in [1.807, 2.05) is 31.2 Å². The van der Waals surface area contributed by atoms with Gasteiger partial charge in [0.25, 0.3) is 0 Å². The van der Waals surface area contributed by atoms with Crippen molar-refractivity contribution < 1.29 is 27.1 Å². The maximum Gasteiger partial charge on any atom is 0.243 e. The molecule has 2 heterocycles. The normalized spacial score (nSPS) is 20.1. The third-order valence-electron chi connectivity index (χ3n) is 11.0. The van der Waals surface area contributed by atoms with Crippen molar-refractivity contribution in [3.63, 3.8) is 0 Å². The minimum absolute atomic E-state index is 0.203. The first-order valence-corrected chi connectivity index (χ1v) is 22.9. The Balaban J connectivity index is 1.56. The number of nitrogens with zero attached hydrogens (tertiary/aromatic N) is 2. The van der Waals surface area contributed by atoms with E-state index in [9.17, 15) is 8.42 Å². The molecule has 0 unspecified atom stereocenters. The quantitative estimate of drug-likeness (QED) is 0.0818. The third-order valence-corrected chi connectivity index (χ3v) is 19.3. The monoisotopic (exact) mass is 770 g/mol. The van der Waals surface area contributed by atoms with E-state index in [1.165, 1.54) is 0 Å². The van der Waals surface area contributed by atoms with Crippen LogP contribution in [0.4, 0.5) is 5.69 Å². The van der Waals surface area contributed by atoms with Crippen molar-refractivity contribution in [2.24, 2.45) is 0 Å². The van der Waals surface area contributed by atoms with Gasteiger partial charge in [0, 0.05) is 45.1 Å². The molecule has 52 heavy (non-hydrogen) atoms. The van der Waals surface area contributed by atoms with E-state index in [0.717, 1.165) is 53.2 Å². The lowest BCUT2D eigenvalue weighted by molar-refractivity contribution is -0.0504. The summed E-state index contributed by atoms with van der Waals surface area (Å²) in [6.07, 6.45) is 0.0146. The molecule has 8 nitrogen and oxygen atoms in total. The van der Waals surface area contributed by atoms with Gasteiger partial charge in [0.15, 0.2) is 0 Å². The van der Waals surface area contributed by atoms with Gasteiger partial charge >= 0.3 is 0 Å². The Bertz CT molecular complexity index is 1680. The average Bonchev–Trinajstić information content (AvgIpc) is 3.12. The van der Waals surface area contributed by atoms with Gasteiger partial charge in [-0.2, -0.15) is 4.31 Å². The van der Waals surface area contributed by atoms with Gasteiger partial charge in [-0.05, 0) is 70.9 Å². The fourth-order valence-corrected chi connectivity index (χ4v) is 15.6. The van der Waals surface area contributed by atoms with Crippen LogP contribution in [0, 0.1) is 6.92 Å². The maximum absolute atomic E-state index is 14.4. The van der Waals surface area contributed by atoms with E-state index in [0.29, 0.717) is 42.3 Å². The number of aryl methyl sites for hydroxylation is 1. The molecule has 286 valence electrons. The van der Waals surface area contributed by atoms with Crippen molar-refractivity contribution in [3.05, 3.63) is 89.0 Å². The summed E-state index contributed by atoms with van der Waals surface area (Å²) in [4.78, 5) is 2.63. The minimum atomic E-state index is -3.85. The third kappa shape index (κ3) is 8.91. The number of ether oxygens (including phenoxy) is 3. The zero-order chi connectivity index (χ0) is 37.6. The molecule has 2 aliphatic heterocycles. The second-order valence-corrected chi connectivity index (χ2v) is 23.0. The first kappa shape index (κ1) is 40.7. The van der Waals surface area contributed by atoms with Crippen molar-refractivity contribution in [2.75, 3.05) is 51.4 Å². The molecule has 2 aliphatic rings. The van der Waals surface area contributed by atoms with Gasteiger partial charge in [-0.15, -0.1) is 11.6 Å². The standard InChI is InChI=1S/C41H59ClN2O6SSi/c1-29(2)52(30(3)4,31(5)6)50-40-27-44(51(45,46)36-17-10-32(7)11-18-36)26-39(41(40)35-15-12-33(25-42)13-16-35)49-28-34-14-19-38-37(24-34)43(21-23-48-38)20-9-22-47-8/h10-19,24,29-31,39-41H,9,20-23,25-28H2,1-8H3/t39-,40+,41-/m0/s1. The van der Waals surface area contributed by atoms with Crippen molar-refractivity contribution in [2.45, 2.75) is 107 Å². The lowest BCUT2D eigenvalue weighted by atomic mass is 9.85. The fourth-order valence-electron chi connectivity index (χ4n) is 8.44. The van der Waals surface area contributed by atoms with Crippen LogP contribution in [-0.4, -0.2) is 79.8 Å². The Morgan fingerprint density at radius 3 is 2.13 bits per heavy atom. The van der Waals surface area contributed by atoms with Crippen molar-refractivity contribution in [3.8, 4) is 5.75 Å². The Kier molecular flexibility index (Phi) is 13.9. The molecule has 3 aromatic carbocycles. The molecule has 0 aliphatic carbocycles. The van der Waals surface area contributed by atoms with Crippen LogP contribution in [0.3, 0.4) is 0 Å². The van der Waals surface area contributed by atoms with Crippen LogP contribution in [0.2, 0.25) is 16.6 Å². The van der Waals surface area contributed by atoms with Crippen LogP contribution < -0.4 is 9.64 Å². The summed E-state index contributed by atoms with van der Waals surface area (Å²) >= 11 is 6.23. The molecule has 0 saturated carbocycles. The zero-order valence-corrected chi connectivity index (χ0v) is 34.9. The topological polar surface area (TPSA) is 77.5 Å². The molecular weight excluding hydrogens is 712 g/mol. The molecule has 3 atom stereocenters. The second kappa shape index (κ2) is 17.8. The summed E-state index contributed by atoms with van der Waals surface area (Å²) in [5, 5.41) is 0. The highest BCUT2D eigenvalue weighted by molar-refractivity contribution is 7.89. The Morgan fingerprint density at radius 2 is 1.52 bits per heavy atom. The van der Waals surface area contributed by atoms with Gasteiger partial charge in [-0.3, -0.25) is 0 Å². The van der Waals surface area contributed by atoms with Gasteiger partial charge in [-0.25, -0.2) is 8.42 Å². The molecule has 0 spiro atoms. The predicted molar refractivity (Wildman–Crippen MR) is 214 cm³/mol. The molecule has 0 N–H and O–H groups in total. The van der Waals surface area contributed by atoms with Crippen LogP contribution in [0.15, 0.2) is 71.6 Å². The number of halogens is 1. The molecule has 0 aromatic heterocycles. The van der Waals surface area contributed by atoms with Crippen molar-refractivity contribution in [1.29, 1.82) is 0 Å². The van der Waals surface area contributed by atoms with Crippen LogP contribution in [0.5, 0.6) is 5.75 Å². The van der Waals surface area contributed by atoms with E-state index in [2.05, 4.69) is 76.8 Å². The number of alkyl halides is 1. The molecule has 0 amide bonds. The van der Waals surface area contributed by atoms with Gasteiger partial charge in [-0.1, -0.05) is 89.6 Å². The number of sulfonamides is 1. The van der Waals surface area contributed by atoms with Gasteiger partial charge in [0.2, 0.25) is 18.3 Å². The smallest absolute Gasteiger partial charge is 0.243 e. The molecule has 0 radical (unpaired) electrons. The summed E-state index contributed by atoms with van der Waals surface area (Å²) in [6.45, 7) is 19.4. The van der Waals surface area contributed by atoms with Crippen molar-refractivity contribution >= 4 is 35.6 Å². The number of hydrogen-bond donors (Lipinski definition) is 0. The molecule has 5 rings (SSSR count). The summed E-state index contributed by atoms with van der Waals surface area (Å²) in [7, 11) is -4.59. The van der Waals surface area contributed by atoms with Crippen LogP contribution >= 0.6 is 11.6 Å². The number of benzene rings is 3. The molecule has 1 fully saturated rings. The number of hydrogen-bond acceptors (Lipinski definition) is 7. The van der Waals surface area contributed by atoms with Gasteiger partial charge in [0.1, 0.15) is 12.4 Å². The molecule has 1 saturated heterocycles. The maximum atomic E-state index is 14.4. The van der Waals surface area contributed by atoms with E-state index < -0.39 is 30.5 Å². The van der Waals surface area contributed by atoms with Crippen molar-refractivity contribution in [1.82, 2.24) is 4.31 Å². The number of methoxy groups -OCH3 is 1. The highest BCUT2D eigenvalue weighted by Crippen LogP contribution is 2.47. The van der Waals surface area contributed by atoms with E-state index >= 15 is 0 Å². The summed E-state index contributed by atoms with van der Waals surface area (Å²) < 4.78 is 56.4. The summed E-state index contributed by atoms with van der Waals surface area (Å²) in [5.74, 6) is 1.08. The van der Waals surface area contributed by atoms with Crippen LogP contribution in [-0.2, 0) is 36.4 Å². The zero-order valence-electron chi connectivity index (χ0n) is 32.3. The largest absolute Gasteiger partial charge is 0.490 e. The average molecular weight is 772 g/mol.